The zero-order valence-corrected chi connectivity index (χ0v) is 11.3. The van der Waals surface area contributed by atoms with E-state index in [1.807, 2.05) is 25.1 Å². The van der Waals surface area contributed by atoms with Gasteiger partial charge in [0.1, 0.15) is 5.60 Å². The third-order valence-electron chi connectivity index (χ3n) is 3.14. The van der Waals surface area contributed by atoms with Gasteiger partial charge < -0.3 is 5.11 Å². The SMILES string of the molecule is CCc1ccc(C(C)(O)c2ccc(C)s2)cc1. The summed E-state index contributed by atoms with van der Waals surface area (Å²) in [4.78, 5) is 2.23. The zero-order valence-electron chi connectivity index (χ0n) is 10.5. The van der Waals surface area contributed by atoms with E-state index in [2.05, 4.69) is 32.0 Å². The average Bonchev–Trinajstić information content (AvgIpc) is 2.77. The highest BCUT2D eigenvalue weighted by Gasteiger charge is 2.26. The first-order chi connectivity index (χ1) is 8.04. The Kier molecular flexibility index (Phi) is 3.36. The minimum Gasteiger partial charge on any atom is -0.380 e. The van der Waals surface area contributed by atoms with E-state index in [1.165, 1.54) is 10.4 Å². The Morgan fingerprint density at radius 3 is 2.24 bits per heavy atom. The summed E-state index contributed by atoms with van der Waals surface area (Å²) in [5, 5.41) is 10.6. The van der Waals surface area contributed by atoms with Crippen LogP contribution in [0.2, 0.25) is 0 Å². The van der Waals surface area contributed by atoms with Crippen LogP contribution in [0.1, 0.15) is 34.7 Å². The fourth-order valence-electron chi connectivity index (χ4n) is 1.90. The van der Waals surface area contributed by atoms with Crippen LogP contribution >= 0.6 is 11.3 Å². The molecular formula is C15H18OS. The van der Waals surface area contributed by atoms with E-state index in [0.29, 0.717) is 0 Å². The number of hydrogen-bond donors (Lipinski definition) is 1. The molecule has 1 N–H and O–H groups in total. The van der Waals surface area contributed by atoms with E-state index in [0.717, 1.165) is 16.9 Å². The van der Waals surface area contributed by atoms with Crippen LogP contribution in [0.15, 0.2) is 36.4 Å². The van der Waals surface area contributed by atoms with Gasteiger partial charge in [-0.25, -0.2) is 0 Å². The number of thiophene rings is 1. The summed E-state index contributed by atoms with van der Waals surface area (Å²) in [5.74, 6) is 0. The highest BCUT2D eigenvalue weighted by Crippen LogP contribution is 2.33. The quantitative estimate of drug-likeness (QED) is 0.871. The van der Waals surface area contributed by atoms with Gasteiger partial charge in [0.2, 0.25) is 0 Å². The molecule has 90 valence electrons. The third-order valence-corrected chi connectivity index (χ3v) is 4.36. The molecule has 2 aromatic rings. The standard InChI is InChI=1S/C15H18OS/c1-4-12-6-8-13(9-7-12)15(3,16)14-10-5-11(2)17-14/h5-10,16H,4H2,1-3H3. The summed E-state index contributed by atoms with van der Waals surface area (Å²) in [6.07, 6.45) is 1.03. The van der Waals surface area contributed by atoms with E-state index in [4.69, 9.17) is 0 Å². The molecule has 1 aromatic carbocycles. The van der Waals surface area contributed by atoms with Crippen molar-refractivity contribution in [2.45, 2.75) is 32.8 Å². The van der Waals surface area contributed by atoms with Crippen molar-refractivity contribution in [2.24, 2.45) is 0 Å². The topological polar surface area (TPSA) is 20.2 Å². The van der Waals surface area contributed by atoms with E-state index in [-0.39, 0.29) is 0 Å². The Hall–Kier alpha value is -1.12. The van der Waals surface area contributed by atoms with Gasteiger partial charge in [-0.15, -0.1) is 11.3 Å². The lowest BCUT2D eigenvalue weighted by Crippen LogP contribution is -2.21. The molecule has 0 aliphatic heterocycles. The normalized spacial score (nSPS) is 14.6. The minimum atomic E-state index is -0.884. The van der Waals surface area contributed by atoms with Crippen LogP contribution in [0.4, 0.5) is 0 Å². The molecule has 1 heterocycles. The van der Waals surface area contributed by atoms with Crippen LogP contribution in [-0.4, -0.2) is 5.11 Å². The summed E-state index contributed by atoms with van der Waals surface area (Å²) in [6.45, 7) is 6.05. The molecule has 0 bridgehead atoms. The van der Waals surface area contributed by atoms with Gasteiger partial charge in [0.15, 0.2) is 0 Å². The van der Waals surface area contributed by atoms with Crippen molar-refractivity contribution in [1.82, 2.24) is 0 Å². The Bertz CT molecular complexity index is 494. The van der Waals surface area contributed by atoms with Crippen molar-refractivity contribution in [2.75, 3.05) is 0 Å². The second-order valence-electron chi connectivity index (χ2n) is 4.53. The molecule has 17 heavy (non-hydrogen) atoms. The van der Waals surface area contributed by atoms with Crippen LogP contribution in [0.3, 0.4) is 0 Å². The lowest BCUT2D eigenvalue weighted by Gasteiger charge is -2.22. The molecular weight excluding hydrogens is 228 g/mol. The molecule has 0 spiro atoms. The summed E-state index contributed by atoms with van der Waals surface area (Å²) >= 11 is 1.65. The molecule has 2 heteroatoms. The Morgan fingerprint density at radius 1 is 1.12 bits per heavy atom. The smallest absolute Gasteiger partial charge is 0.121 e. The summed E-state index contributed by atoms with van der Waals surface area (Å²) < 4.78 is 0. The molecule has 1 atom stereocenters. The fraction of sp³-hybridized carbons (Fsp3) is 0.333. The molecule has 0 saturated carbocycles. The Balaban J connectivity index is 2.36. The lowest BCUT2D eigenvalue weighted by molar-refractivity contribution is 0.106. The first-order valence-electron chi connectivity index (χ1n) is 5.92. The predicted molar refractivity (Wildman–Crippen MR) is 73.5 cm³/mol. The van der Waals surface area contributed by atoms with Gasteiger partial charge in [-0.3, -0.25) is 0 Å². The van der Waals surface area contributed by atoms with Crippen molar-refractivity contribution in [3.05, 3.63) is 57.3 Å². The number of aliphatic hydroxyl groups is 1. The molecule has 0 fully saturated rings. The second-order valence-corrected chi connectivity index (χ2v) is 5.82. The van der Waals surface area contributed by atoms with Gasteiger partial charge >= 0.3 is 0 Å². The molecule has 1 unspecified atom stereocenters. The average molecular weight is 246 g/mol. The van der Waals surface area contributed by atoms with Gasteiger partial charge in [-0.1, -0.05) is 31.2 Å². The molecule has 0 aliphatic carbocycles. The van der Waals surface area contributed by atoms with Gasteiger partial charge in [-0.2, -0.15) is 0 Å². The summed E-state index contributed by atoms with van der Waals surface area (Å²) in [7, 11) is 0. The monoisotopic (exact) mass is 246 g/mol. The molecule has 1 aromatic heterocycles. The van der Waals surface area contributed by atoms with Crippen molar-refractivity contribution in [1.29, 1.82) is 0 Å². The van der Waals surface area contributed by atoms with Crippen molar-refractivity contribution < 1.29 is 5.11 Å². The van der Waals surface area contributed by atoms with Crippen LogP contribution in [0.25, 0.3) is 0 Å². The van der Waals surface area contributed by atoms with Crippen LogP contribution in [0.5, 0.6) is 0 Å². The lowest BCUT2D eigenvalue weighted by atomic mass is 9.93. The van der Waals surface area contributed by atoms with Crippen molar-refractivity contribution in [3.63, 3.8) is 0 Å². The minimum absolute atomic E-state index is 0.884. The van der Waals surface area contributed by atoms with Crippen LogP contribution in [0, 0.1) is 6.92 Å². The number of aryl methyl sites for hydroxylation is 2. The van der Waals surface area contributed by atoms with Crippen LogP contribution < -0.4 is 0 Å². The van der Waals surface area contributed by atoms with E-state index >= 15 is 0 Å². The second kappa shape index (κ2) is 4.63. The molecule has 1 nitrogen and oxygen atoms in total. The highest BCUT2D eigenvalue weighted by atomic mass is 32.1. The van der Waals surface area contributed by atoms with E-state index in [1.54, 1.807) is 11.3 Å². The maximum absolute atomic E-state index is 10.6. The molecule has 0 radical (unpaired) electrons. The first kappa shape index (κ1) is 12.3. The zero-order chi connectivity index (χ0) is 12.5. The third kappa shape index (κ3) is 2.43. The first-order valence-corrected chi connectivity index (χ1v) is 6.74. The van der Waals surface area contributed by atoms with E-state index < -0.39 is 5.60 Å². The largest absolute Gasteiger partial charge is 0.380 e. The van der Waals surface area contributed by atoms with Gasteiger partial charge in [0, 0.05) is 9.75 Å². The van der Waals surface area contributed by atoms with Gasteiger partial charge in [0.25, 0.3) is 0 Å². The summed E-state index contributed by atoms with van der Waals surface area (Å²) in [6, 6.07) is 12.3. The molecule has 0 aliphatic rings. The number of benzene rings is 1. The molecule has 2 rings (SSSR count). The number of rotatable bonds is 3. The van der Waals surface area contributed by atoms with Crippen molar-refractivity contribution in [3.8, 4) is 0 Å². The highest BCUT2D eigenvalue weighted by molar-refractivity contribution is 7.12. The fourth-order valence-corrected chi connectivity index (χ4v) is 2.84. The molecule has 0 amide bonds. The van der Waals surface area contributed by atoms with Crippen molar-refractivity contribution >= 4 is 11.3 Å². The Morgan fingerprint density at radius 2 is 1.76 bits per heavy atom. The van der Waals surface area contributed by atoms with Gasteiger partial charge in [-0.05, 0) is 43.5 Å². The maximum Gasteiger partial charge on any atom is 0.121 e. The molecule has 0 saturated heterocycles. The number of hydrogen-bond acceptors (Lipinski definition) is 2. The summed E-state index contributed by atoms with van der Waals surface area (Å²) in [5.41, 5.74) is 1.37. The predicted octanol–water partition coefficient (Wildman–Crippen LogP) is 3.87. The Labute approximate surface area is 107 Å². The van der Waals surface area contributed by atoms with E-state index in [9.17, 15) is 5.11 Å². The van der Waals surface area contributed by atoms with Crippen LogP contribution in [-0.2, 0) is 12.0 Å². The maximum atomic E-state index is 10.6. The van der Waals surface area contributed by atoms with Gasteiger partial charge in [0.05, 0.1) is 0 Å².